The van der Waals surface area contributed by atoms with Gasteiger partial charge in [0.15, 0.2) is 0 Å². The second-order valence-corrected chi connectivity index (χ2v) is 4.65. The van der Waals surface area contributed by atoms with Gasteiger partial charge in [0.25, 0.3) is 0 Å². The number of hydrogen-bond acceptors (Lipinski definition) is 3. The van der Waals surface area contributed by atoms with Crippen molar-refractivity contribution in [3.05, 3.63) is 0 Å². The molecule has 1 fully saturated rings. The highest BCUT2D eigenvalue weighted by Crippen LogP contribution is 2.07. The van der Waals surface area contributed by atoms with Crippen LogP contribution in [0.1, 0.15) is 20.3 Å². The van der Waals surface area contributed by atoms with Gasteiger partial charge in [-0.25, -0.2) is 4.79 Å². The van der Waals surface area contributed by atoms with Crippen molar-refractivity contribution in [1.29, 1.82) is 0 Å². The molecule has 0 aromatic carbocycles. The first-order valence-corrected chi connectivity index (χ1v) is 6.49. The van der Waals surface area contributed by atoms with Gasteiger partial charge < -0.3 is 20.2 Å². The van der Waals surface area contributed by atoms with E-state index >= 15 is 0 Å². The summed E-state index contributed by atoms with van der Waals surface area (Å²) in [5.74, 6) is -1.58. The Kier molecular flexibility index (Phi) is 5.59. The van der Waals surface area contributed by atoms with Crippen molar-refractivity contribution in [2.75, 3.05) is 32.7 Å². The standard InChI is InChI=1S/C12H21N3O4/c1-3-14(8-9(2)11(17)18)12(19)15-6-4-10(16)13-5-7-15/h9H,3-8H2,1-2H3,(H,13,16)(H,17,18). The molecule has 1 aliphatic rings. The molecule has 19 heavy (non-hydrogen) atoms. The first kappa shape index (κ1) is 15.3. The third-order valence-electron chi connectivity index (χ3n) is 3.15. The number of nitrogens with zero attached hydrogens (tertiary/aromatic N) is 2. The van der Waals surface area contributed by atoms with Crippen LogP contribution in [0.4, 0.5) is 4.79 Å². The number of aliphatic carboxylic acids is 1. The van der Waals surface area contributed by atoms with Crippen molar-refractivity contribution >= 4 is 17.9 Å². The van der Waals surface area contributed by atoms with Crippen LogP contribution < -0.4 is 5.32 Å². The molecule has 0 bridgehead atoms. The van der Waals surface area contributed by atoms with E-state index in [0.29, 0.717) is 26.2 Å². The summed E-state index contributed by atoms with van der Waals surface area (Å²) >= 11 is 0. The minimum absolute atomic E-state index is 0.0581. The summed E-state index contributed by atoms with van der Waals surface area (Å²) in [6, 6.07) is -0.202. The predicted octanol–water partition coefficient (Wildman–Crippen LogP) is -0.0291. The van der Waals surface area contributed by atoms with Gasteiger partial charge in [-0.15, -0.1) is 0 Å². The molecule has 7 heteroatoms. The summed E-state index contributed by atoms with van der Waals surface area (Å²) < 4.78 is 0. The number of carbonyl (C=O) groups excluding carboxylic acids is 2. The van der Waals surface area contributed by atoms with Crippen LogP contribution in [-0.2, 0) is 9.59 Å². The molecule has 2 N–H and O–H groups in total. The topological polar surface area (TPSA) is 90.0 Å². The van der Waals surface area contributed by atoms with Crippen LogP contribution in [0.25, 0.3) is 0 Å². The highest BCUT2D eigenvalue weighted by Gasteiger charge is 2.25. The van der Waals surface area contributed by atoms with Crippen molar-refractivity contribution in [2.45, 2.75) is 20.3 Å². The van der Waals surface area contributed by atoms with Crippen LogP contribution in [0.5, 0.6) is 0 Å². The molecule has 108 valence electrons. The highest BCUT2D eigenvalue weighted by atomic mass is 16.4. The fourth-order valence-corrected chi connectivity index (χ4v) is 1.91. The third-order valence-corrected chi connectivity index (χ3v) is 3.15. The zero-order valence-corrected chi connectivity index (χ0v) is 11.4. The quantitative estimate of drug-likeness (QED) is 0.751. The SMILES string of the molecule is CCN(CC(C)C(=O)O)C(=O)N1CCNC(=O)CC1. The van der Waals surface area contributed by atoms with E-state index in [2.05, 4.69) is 5.32 Å². The molecule has 0 spiro atoms. The van der Waals surface area contributed by atoms with Crippen molar-refractivity contribution in [3.63, 3.8) is 0 Å². The molecule has 0 radical (unpaired) electrons. The van der Waals surface area contributed by atoms with Gasteiger partial charge in [0.1, 0.15) is 0 Å². The van der Waals surface area contributed by atoms with Gasteiger partial charge >= 0.3 is 12.0 Å². The lowest BCUT2D eigenvalue weighted by Crippen LogP contribution is -2.46. The van der Waals surface area contributed by atoms with E-state index in [4.69, 9.17) is 5.11 Å². The van der Waals surface area contributed by atoms with Crippen molar-refractivity contribution in [1.82, 2.24) is 15.1 Å². The zero-order chi connectivity index (χ0) is 14.4. The number of hydrogen-bond donors (Lipinski definition) is 2. The summed E-state index contributed by atoms with van der Waals surface area (Å²) in [6.07, 6.45) is 0.289. The summed E-state index contributed by atoms with van der Waals surface area (Å²) in [5.41, 5.74) is 0. The van der Waals surface area contributed by atoms with E-state index in [0.717, 1.165) is 0 Å². The summed E-state index contributed by atoms with van der Waals surface area (Å²) in [4.78, 5) is 37.4. The summed E-state index contributed by atoms with van der Waals surface area (Å²) in [7, 11) is 0. The Morgan fingerprint density at radius 1 is 1.47 bits per heavy atom. The Morgan fingerprint density at radius 3 is 2.74 bits per heavy atom. The molecule has 0 aromatic rings. The van der Waals surface area contributed by atoms with Crippen LogP contribution >= 0.6 is 0 Å². The number of nitrogens with one attached hydrogen (secondary N) is 1. The van der Waals surface area contributed by atoms with Crippen LogP contribution in [-0.4, -0.2) is 65.5 Å². The van der Waals surface area contributed by atoms with E-state index in [1.54, 1.807) is 11.8 Å². The molecule has 0 saturated carbocycles. The second kappa shape index (κ2) is 6.96. The maximum atomic E-state index is 12.3. The van der Waals surface area contributed by atoms with E-state index in [1.807, 2.05) is 6.92 Å². The Balaban J connectivity index is 2.61. The number of carboxylic acid groups (broad SMARTS) is 1. The smallest absolute Gasteiger partial charge is 0.320 e. The first-order chi connectivity index (χ1) is 8.95. The minimum Gasteiger partial charge on any atom is -0.481 e. The monoisotopic (exact) mass is 271 g/mol. The van der Waals surface area contributed by atoms with Gasteiger partial charge in [-0.05, 0) is 6.92 Å². The van der Waals surface area contributed by atoms with Gasteiger partial charge in [-0.1, -0.05) is 6.92 Å². The minimum atomic E-state index is -0.918. The number of carboxylic acids is 1. The molecule has 1 rings (SSSR count). The van der Waals surface area contributed by atoms with E-state index in [9.17, 15) is 14.4 Å². The molecule has 1 heterocycles. The van der Waals surface area contributed by atoms with Gasteiger partial charge in [0.2, 0.25) is 5.91 Å². The number of rotatable bonds is 4. The Labute approximate surface area is 112 Å². The van der Waals surface area contributed by atoms with Crippen LogP contribution in [0, 0.1) is 5.92 Å². The normalized spacial score (nSPS) is 17.4. The Morgan fingerprint density at radius 2 is 2.16 bits per heavy atom. The molecule has 1 atom stereocenters. The largest absolute Gasteiger partial charge is 0.481 e. The Bertz CT molecular complexity index is 359. The fraction of sp³-hybridized carbons (Fsp3) is 0.750. The molecule has 0 aliphatic carbocycles. The zero-order valence-electron chi connectivity index (χ0n) is 11.4. The molecule has 3 amide bonds. The number of urea groups is 1. The lowest BCUT2D eigenvalue weighted by Gasteiger charge is -2.29. The van der Waals surface area contributed by atoms with Crippen LogP contribution in [0.2, 0.25) is 0 Å². The third kappa shape index (κ3) is 4.42. The van der Waals surface area contributed by atoms with Crippen molar-refractivity contribution < 1.29 is 19.5 Å². The molecule has 1 unspecified atom stereocenters. The van der Waals surface area contributed by atoms with Gasteiger partial charge in [0.05, 0.1) is 5.92 Å². The highest BCUT2D eigenvalue weighted by molar-refractivity contribution is 5.79. The maximum absolute atomic E-state index is 12.3. The number of carbonyl (C=O) groups is 3. The lowest BCUT2D eigenvalue weighted by molar-refractivity contribution is -0.141. The first-order valence-electron chi connectivity index (χ1n) is 6.49. The molecular weight excluding hydrogens is 250 g/mol. The number of amides is 3. The van der Waals surface area contributed by atoms with E-state index in [-0.39, 0.29) is 24.9 Å². The average molecular weight is 271 g/mol. The van der Waals surface area contributed by atoms with Crippen molar-refractivity contribution in [3.8, 4) is 0 Å². The molecular formula is C12H21N3O4. The van der Waals surface area contributed by atoms with Gasteiger partial charge in [-0.3, -0.25) is 9.59 Å². The van der Waals surface area contributed by atoms with Crippen molar-refractivity contribution in [2.24, 2.45) is 5.92 Å². The Hall–Kier alpha value is -1.79. The fourth-order valence-electron chi connectivity index (χ4n) is 1.91. The predicted molar refractivity (Wildman–Crippen MR) is 68.6 cm³/mol. The van der Waals surface area contributed by atoms with Gasteiger partial charge in [0, 0.05) is 39.1 Å². The molecule has 1 aliphatic heterocycles. The summed E-state index contributed by atoms with van der Waals surface area (Å²) in [6.45, 7) is 5.30. The van der Waals surface area contributed by atoms with Gasteiger partial charge in [-0.2, -0.15) is 0 Å². The van der Waals surface area contributed by atoms with Crippen LogP contribution in [0.3, 0.4) is 0 Å². The maximum Gasteiger partial charge on any atom is 0.320 e. The van der Waals surface area contributed by atoms with Crippen LogP contribution in [0.15, 0.2) is 0 Å². The van der Waals surface area contributed by atoms with E-state index in [1.165, 1.54) is 4.90 Å². The van der Waals surface area contributed by atoms with E-state index < -0.39 is 11.9 Å². The molecule has 0 aromatic heterocycles. The molecule has 1 saturated heterocycles. The average Bonchev–Trinajstić information content (AvgIpc) is 2.59. The lowest BCUT2D eigenvalue weighted by atomic mass is 10.2. The summed E-state index contributed by atoms with van der Waals surface area (Å²) in [5, 5.41) is 11.6. The molecule has 7 nitrogen and oxygen atoms in total. The second-order valence-electron chi connectivity index (χ2n) is 4.65.